The summed E-state index contributed by atoms with van der Waals surface area (Å²) in [7, 11) is 0. The molecule has 1 unspecified atom stereocenters. The van der Waals surface area contributed by atoms with Crippen LogP contribution in [0.5, 0.6) is 0 Å². The van der Waals surface area contributed by atoms with Crippen molar-refractivity contribution in [2.24, 2.45) is 0 Å². The van der Waals surface area contributed by atoms with E-state index in [4.69, 9.17) is 4.74 Å². The second kappa shape index (κ2) is 8.93. The van der Waals surface area contributed by atoms with E-state index >= 15 is 0 Å². The maximum atomic E-state index is 9.98. The minimum Gasteiger partial charge on any atom is -0.389 e. The van der Waals surface area contributed by atoms with Crippen LogP contribution in [0.3, 0.4) is 0 Å². The van der Waals surface area contributed by atoms with Crippen LogP contribution in [0.25, 0.3) is 0 Å². The molecule has 0 aromatic heterocycles. The zero-order valence-corrected chi connectivity index (χ0v) is 12.3. The molecule has 3 nitrogen and oxygen atoms in total. The number of hydrogen-bond donors (Lipinski definition) is 2. The summed E-state index contributed by atoms with van der Waals surface area (Å²) in [5.41, 5.74) is 0. The molecular formula is C16H31NO2. The van der Waals surface area contributed by atoms with E-state index in [1.54, 1.807) is 0 Å². The molecule has 112 valence electrons. The highest BCUT2D eigenvalue weighted by Crippen LogP contribution is 2.21. The Balaban J connectivity index is 1.54. The van der Waals surface area contributed by atoms with Crippen LogP contribution in [0.2, 0.25) is 0 Å². The first kappa shape index (κ1) is 15.3. The SMILES string of the molecule is OC(CNC1CCCCCCC1)COC1CCCC1. The summed E-state index contributed by atoms with van der Waals surface area (Å²) in [4.78, 5) is 0. The van der Waals surface area contributed by atoms with Gasteiger partial charge in [0.15, 0.2) is 0 Å². The van der Waals surface area contributed by atoms with Crippen molar-refractivity contribution in [3.63, 3.8) is 0 Å². The lowest BCUT2D eigenvalue weighted by Crippen LogP contribution is -2.38. The summed E-state index contributed by atoms with van der Waals surface area (Å²) in [6.07, 6.45) is 14.4. The van der Waals surface area contributed by atoms with Gasteiger partial charge in [-0.1, -0.05) is 44.9 Å². The molecule has 0 radical (unpaired) electrons. The topological polar surface area (TPSA) is 41.5 Å². The monoisotopic (exact) mass is 269 g/mol. The van der Waals surface area contributed by atoms with E-state index in [-0.39, 0.29) is 6.10 Å². The molecule has 2 saturated carbocycles. The molecule has 0 saturated heterocycles. The smallest absolute Gasteiger partial charge is 0.0897 e. The predicted octanol–water partition coefficient (Wildman–Crippen LogP) is 3.01. The summed E-state index contributed by atoms with van der Waals surface area (Å²) in [5.74, 6) is 0. The van der Waals surface area contributed by atoms with Crippen LogP contribution in [0.1, 0.15) is 70.6 Å². The van der Waals surface area contributed by atoms with Gasteiger partial charge in [0.25, 0.3) is 0 Å². The highest BCUT2D eigenvalue weighted by Gasteiger charge is 2.17. The molecule has 2 rings (SSSR count). The Hall–Kier alpha value is -0.120. The van der Waals surface area contributed by atoms with Gasteiger partial charge in [-0.15, -0.1) is 0 Å². The molecule has 2 fully saturated rings. The van der Waals surface area contributed by atoms with Gasteiger partial charge in [0.05, 0.1) is 18.8 Å². The molecule has 1 atom stereocenters. The van der Waals surface area contributed by atoms with Crippen molar-refractivity contribution in [2.75, 3.05) is 13.2 Å². The molecule has 0 heterocycles. The van der Waals surface area contributed by atoms with Crippen LogP contribution in [-0.2, 0) is 4.74 Å². The Kier molecular flexibility index (Phi) is 7.18. The second-order valence-electron chi connectivity index (χ2n) is 6.34. The van der Waals surface area contributed by atoms with Crippen molar-refractivity contribution in [3.8, 4) is 0 Å². The standard InChI is InChI=1S/C16H31NO2/c18-15(13-19-16-10-6-7-11-16)12-17-14-8-4-2-1-3-5-9-14/h14-18H,1-13H2. The summed E-state index contributed by atoms with van der Waals surface area (Å²) >= 11 is 0. The van der Waals surface area contributed by atoms with Gasteiger partial charge in [0.2, 0.25) is 0 Å². The zero-order valence-electron chi connectivity index (χ0n) is 12.3. The van der Waals surface area contributed by atoms with E-state index in [1.807, 2.05) is 0 Å². The van der Waals surface area contributed by atoms with Crippen molar-refractivity contribution < 1.29 is 9.84 Å². The number of aliphatic hydroxyl groups is 1. The second-order valence-corrected chi connectivity index (χ2v) is 6.34. The fourth-order valence-electron chi connectivity index (χ4n) is 3.32. The van der Waals surface area contributed by atoms with E-state index in [0.717, 1.165) is 0 Å². The molecule has 19 heavy (non-hydrogen) atoms. The Morgan fingerprint density at radius 1 is 0.895 bits per heavy atom. The number of hydrogen-bond acceptors (Lipinski definition) is 3. The van der Waals surface area contributed by atoms with Crippen LogP contribution >= 0.6 is 0 Å². The zero-order chi connectivity index (χ0) is 13.3. The molecule has 0 spiro atoms. The van der Waals surface area contributed by atoms with Crippen LogP contribution in [0.4, 0.5) is 0 Å². The molecule has 0 aromatic carbocycles. The maximum absolute atomic E-state index is 9.98. The van der Waals surface area contributed by atoms with Gasteiger partial charge < -0.3 is 15.2 Å². The predicted molar refractivity (Wildman–Crippen MR) is 78.3 cm³/mol. The van der Waals surface area contributed by atoms with E-state index in [9.17, 15) is 5.11 Å². The van der Waals surface area contributed by atoms with Gasteiger partial charge in [-0.25, -0.2) is 0 Å². The lowest BCUT2D eigenvalue weighted by atomic mass is 9.96. The molecule has 3 heteroatoms. The van der Waals surface area contributed by atoms with Crippen molar-refractivity contribution in [3.05, 3.63) is 0 Å². The number of nitrogens with one attached hydrogen (secondary N) is 1. The van der Waals surface area contributed by atoms with Crippen molar-refractivity contribution in [1.82, 2.24) is 5.32 Å². The summed E-state index contributed by atoms with van der Waals surface area (Å²) in [6, 6.07) is 0.612. The van der Waals surface area contributed by atoms with Crippen LogP contribution in [0, 0.1) is 0 Å². The van der Waals surface area contributed by atoms with Gasteiger partial charge in [-0.3, -0.25) is 0 Å². The fraction of sp³-hybridized carbons (Fsp3) is 1.00. The first-order chi connectivity index (χ1) is 9.34. The van der Waals surface area contributed by atoms with Crippen LogP contribution < -0.4 is 5.32 Å². The minimum absolute atomic E-state index is 0.342. The van der Waals surface area contributed by atoms with Gasteiger partial charge >= 0.3 is 0 Å². The largest absolute Gasteiger partial charge is 0.389 e. The average molecular weight is 269 g/mol. The highest BCUT2D eigenvalue weighted by molar-refractivity contribution is 4.73. The highest BCUT2D eigenvalue weighted by atomic mass is 16.5. The van der Waals surface area contributed by atoms with Gasteiger partial charge in [-0.2, -0.15) is 0 Å². The van der Waals surface area contributed by atoms with E-state index < -0.39 is 0 Å². The van der Waals surface area contributed by atoms with E-state index in [0.29, 0.717) is 25.3 Å². The lowest BCUT2D eigenvalue weighted by Gasteiger charge is -2.23. The van der Waals surface area contributed by atoms with Gasteiger partial charge in [-0.05, 0) is 25.7 Å². The average Bonchev–Trinajstić information content (AvgIpc) is 2.88. The number of aliphatic hydroxyl groups excluding tert-OH is 1. The van der Waals surface area contributed by atoms with Crippen molar-refractivity contribution >= 4 is 0 Å². The van der Waals surface area contributed by atoms with E-state index in [2.05, 4.69) is 5.32 Å². The van der Waals surface area contributed by atoms with Gasteiger partial charge in [0, 0.05) is 12.6 Å². The molecule has 2 aliphatic carbocycles. The maximum Gasteiger partial charge on any atom is 0.0897 e. The minimum atomic E-state index is -0.342. The van der Waals surface area contributed by atoms with Crippen LogP contribution in [0.15, 0.2) is 0 Å². The normalized spacial score (nSPS) is 25.1. The Morgan fingerprint density at radius 2 is 1.47 bits per heavy atom. The molecule has 0 bridgehead atoms. The molecule has 0 amide bonds. The quantitative estimate of drug-likeness (QED) is 0.779. The first-order valence-electron chi connectivity index (χ1n) is 8.37. The molecule has 0 aromatic rings. The van der Waals surface area contributed by atoms with Crippen molar-refractivity contribution in [1.29, 1.82) is 0 Å². The Bertz CT molecular complexity index is 221. The van der Waals surface area contributed by atoms with Gasteiger partial charge in [0.1, 0.15) is 0 Å². The molecule has 2 N–H and O–H groups in total. The molecular weight excluding hydrogens is 238 g/mol. The van der Waals surface area contributed by atoms with E-state index in [1.165, 1.54) is 70.6 Å². The fourth-order valence-corrected chi connectivity index (χ4v) is 3.32. The Morgan fingerprint density at radius 3 is 2.16 bits per heavy atom. The summed E-state index contributed by atoms with van der Waals surface area (Å²) in [5, 5.41) is 13.5. The number of rotatable bonds is 6. The summed E-state index contributed by atoms with van der Waals surface area (Å²) in [6.45, 7) is 1.20. The third-order valence-electron chi connectivity index (χ3n) is 4.57. The lowest BCUT2D eigenvalue weighted by molar-refractivity contribution is -0.00646. The Labute approximate surface area is 118 Å². The third kappa shape index (κ3) is 6.24. The first-order valence-corrected chi connectivity index (χ1v) is 8.37. The summed E-state index contributed by atoms with van der Waals surface area (Å²) < 4.78 is 5.76. The third-order valence-corrected chi connectivity index (χ3v) is 4.57. The van der Waals surface area contributed by atoms with Crippen LogP contribution in [-0.4, -0.2) is 36.5 Å². The number of ether oxygens (including phenoxy) is 1. The molecule has 2 aliphatic rings. The van der Waals surface area contributed by atoms with Crippen molar-refractivity contribution in [2.45, 2.75) is 88.9 Å². The molecule has 0 aliphatic heterocycles.